The summed E-state index contributed by atoms with van der Waals surface area (Å²) < 4.78 is 2.17. The van der Waals surface area contributed by atoms with Crippen molar-refractivity contribution in [3.8, 4) is 0 Å². The summed E-state index contributed by atoms with van der Waals surface area (Å²) in [6, 6.07) is 5.60. The number of hydrogen-bond donors (Lipinski definition) is 2. The minimum atomic E-state index is -0.909. The molecule has 0 atom stereocenters. The maximum absolute atomic E-state index is 10.9. The zero-order valence-electron chi connectivity index (χ0n) is 9.97. The first-order chi connectivity index (χ1) is 8.75. The minimum absolute atomic E-state index is 0.290. The van der Waals surface area contributed by atoms with Crippen molar-refractivity contribution < 1.29 is 9.90 Å². The molecule has 0 aliphatic carbocycles. The molecule has 1 saturated heterocycles. The second-order valence-corrected chi connectivity index (χ2v) is 4.64. The summed E-state index contributed by atoms with van der Waals surface area (Å²) in [5, 5.41) is 12.3. The van der Waals surface area contributed by atoms with Gasteiger partial charge in [-0.15, -0.1) is 0 Å². The summed E-state index contributed by atoms with van der Waals surface area (Å²) in [7, 11) is 0. The summed E-state index contributed by atoms with van der Waals surface area (Å²) >= 11 is 0. The second kappa shape index (κ2) is 4.42. The van der Waals surface area contributed by atoms with Gasteiger partial charge in [-0.1, -0.05) is 0 Å². The van der Waals surface area contributed by atoms with Crippen molar-refractivity contribution in [3.63, 3.8) is 0 Å². The van der Waals surface area contributed by atoms with Crippen LogP contribution in [-0.2, 0) is 0 Å². The van der Waals surface area contributed by atoms with E-state index in [9.17, 15) is 4.79 Å². The Morgan fingerprint density at radius 1 is 1.39 bits per heavy atom. The lowest BCUT2D eigenvalue weighted by Crippen LogP contribution is -2.29. The van der Waals surface area contributed by atoms with E-state index >= 15 is 0 Å². The van der Waals surface area contributed by atoms with Crippen LogP contribution in [0.25, 0.3) is 11.0 Å². The first-order valence-corrected chi connectivity index (χ1v) is 6.16. The number of aromatic nitrogens is 2. The maximum atomic E-state index is 10.9. The van der Waals surface area contributed by atoms with Crippen molar-refractivity contribution in [1.29, 1.82) is 0 Å². The molecule has 5 heteroatoms. The molecular formula is C13H15N3O2. The van der Waals surface area contributed by atoms with Crippen LogP contribution in [0.5, 0.6) is 0 Å². The van der Waals surface area contributed by atoms with Crippen molar-refractivity contribution in [2.75, 3.05) is 13.1 Å². The first kappa shape index (κ1) is 11.2. The molecule has 0 spiro atoms. The van der Waals surface area contributed by atoms with Gasteiger partial charge >= 0.3 is 5.97 Å². The normalized spacial score (nSPS) is 17.1. The minimum Gasteiger partial charge on any atom is -0.478 e. The van der Waals surface area contributed by atoms with E-state index in [-0.39, 0.29) is 5.56 Å². The van der Waals surface area contributed by atoms with E-state index < -0.39 is 5.97 Å². The van der Waals surface area contributed by atoms with E-state index in [2.05, 4.69) is 14.9 Å². The Bertz CT molecular complexity index is 585. The van der Waals surface area contributed by atoms with Crippen molar-refractivity contribution in [2.24, 2.45) is 0 Å². The van der Waals surface area contributed by atoms with E-state index in [1.807, 2.05) is 12.4 Å². The number of rotatable bonds is 2. The van der Waals surface area contributed by atoms with Crippen LogP contribution < -0.4 is 5.32 Å². The van der Waals surface area contributed by atoms with Crippen LogP contribution in [0.2, 0.25) is 0 Å². The molecule has 2 N–H and O–H groups in total. The van der Waals surface area contributed by atoms with Crippen molar-refractivity contribution in [1.82, 2.24) is 14.9 Å². The number of aromatic carboxylic acids is 1. The number of nitrogens with zero attached hydrogens (tertiary/aromatic N) is 2. The fourth-order valence-corrected chi connectivity index (χ4v) is 2.54. The highest BCUT2D eigenvalue weighted by Crippen LogP contribution is 2.24. The molecule has 1 aliphatic heterocycles. The Hall–Kier alpha value is -1.88. The highest BCUT2D eigenvalue weighted by atomic mass is 16.4. The Morgan fingerprint density at radius 3 is 2.89 bits per heavy atom. The largest absolute Gasteiger partial charge is 0.478 e. The molecule has 0 bridgehead atoms. The summed E-state index contributed by atoms with van der Waals surface area (Å²) in [4.78, 5) is 15.2. The van der Waals surface area contributed by atoms with Gasteiger partial charge in [0.05, 0.1) is 22.9 Å². The number of hydrogen-bond acceptors (Lipinski definition) is 3. The van der Waals surface area contributed by atoms with Crippen LogP contribution >= 0.6 is 0 Å². The third kappa shape index (κ3) is 1.86. The van der Waals surface area contributed by atoms with Gasteiger partial charge in [0.2, 0.25) is 0 Å². The molecule has 94 valence electrons. The number of carboxylic acids is 1. The molecule has 0 saturated carbocycles. The van der Waals surface area contributed by atoms with E-state index in [1.54, 1.807) is 12.1 Å². The van der Waals surface area contributed by atoms with Gasteiger partial charge in [0.25, 0.3) is 0 Å². The standard InChI is InChI=1S/C13H15N3O2/c17-13(18)9-1-2-12-11(7-9)15-8-16(12)10-3-5-14-6-4-10/h1-2,7-8,10,14H,3-6H2,(H,17,18). The van der Waals surface area contributed by atoms with Gasteiger partial charge in [-0.05, 0) is 44.1 Å². The number of benzene rings is 1. The maximum Gasteiger partial charge on any atom is 0.335 e. The van der Waals surface area contributed by atoms with Crippen LogP contribution in [0.3, 0.4) is 0 Å². The zero-order valence-corrected chi connectivity index (χ0v) is 9.97. The fraction of sp³-hybridized carbons (Fsp3) is 0.385. The molecule has 1 aromatic heterocycles. The molecular weight excluding hydrogens is 230 g/mol. The molecule has 3 rings (SSSR count). The summed E-state index contributed by atoms with van der Waals surface area (Å²) in [6.07, 6.45) is 4.00. The topological polar surface area (TPSA) is 67.1 Å². The predicted octanol–water partition coefficient (Wildman–Crippen LogP) is 1.66. The number of imidazole rings is 1. The second-order valence-electron chi connectivity index (χ2n) is 4.64. The van der Waals surface area contributed by atoms with Crippen LogP contribution in [0.1, 0.15) is 29.2 Å². The summed E-state index contributed by atoms with van der Waals surface area (Å²) in [5.41, 5.74) is 2.07. The van der Waals surface area contributed by atoms with Crippen molar-refractivity contribution >= 4 is 17.0 Å². The van der Waals surface area contributed by atoms with Crippen LogP contribution in [-0.4, -0.2) is 33.7 Å². The highest BCUT2D eigenvalue weighted by Gasteiger charge is 2.17. The fourth-order valence-electron chi connectivity index (χ4n) is 2.54. The predicted molar refractivity (Wildman–Crippen MR) is 67.8 cm³/mol. The summed E-state index contributed by atoms with van der Waals surface area (Å²) in [5.74, 6) is -0.909. The molecule has 5 nitrogen and oxygen atoms in total. The Kier molecular flexibility index (Phi) is 2.76. The Balaban J connectivity index is 2.01. The number of piperidine rings is 1. The van der Waals surface area contributed by atoms with Gasteiger partial charge in [0.1, 0.15) is 0 Å². The average Bonchev–Trinajstić information content (AvgIpc) is 2.82. The smallest absolute Gasteiger partial charge is 0.335 e. The monoisotopic (exact) mass is 245 g/mol. The van der Waals surface area contributed by atoms with Gasteiger partial charge in [-0.2, -0.15) is 0 Å². The molecule has 0 radical (unpaired) electrons. The molecule has 18 heavy (non-hydrogen) atoms. The Labute approximate surface area is 104 Å². The molecule has 1 aromatic carbocycles. The number of nitrogens with one attached hydrogen (secondary N) is 1. The molecule has 0 amide bonds. The van der Waals surface area contributed by atoms with E-state index in [0.29, 0.717) is 6.04 Å². The molecule has 1 aliphatic rings. The first-order valence-electron chi connectivity index (χ1n) is 6.16. The van der Waals surface area contributed by atoms with Gasteiger partial charge < -0.3 is 15.0 Å². The Morgan fingerprint density at radius 2 is 2.17 bits per heavy atom. The van der Waals surface area contributed by atoms with Gasteiger partial charge in [0.15, 0.2) is 0 Å². The van der Waals surface area contributed by atoms with Crippen LogP contribution in [0.15, 0.2) is 24.5 Å². The van der Waals surface area contributed by atoms with Crippen molar-refractivity contribution in [3.05, 3.63) is 30.1 Å². The lowest BCUT2D eigenvalue weighted by molar-refractivity contribution is 0.0697. The van der Waals surface area contributed by atoms with E-state index in [0.717, 1.165) is 37.0 Å². The van der Waals surface area contributed by atoms with Gasteiger partial charge in [-0.25, -0.2) is 9.78 Å². The van der Waals surface area contributed by atoms with Gasteiger partial charge in [-0.3, -0.25) is 0 Å². The van der Waals surface area contributed by atoms with Crippen LogP contribution in [0.4, 0.5) is 0 Å². The third-order valence-corrected chi connectivity index (χ3v) is 3.52. The number of carboxylic acid groups (broad SMARTS) is 1. The lowest BCUT2D eigenvalue weighted by Gasteiger charge is -2.24. The van der Waals surface area contributed by atoms with Crippen LogP contribution in [0, 0.1) is 0 Å². The third-order valence-electron chi connectivity index (χ3n) is 3.52. The molecule has 2 heterocycles. The van der Waals surface area contributed by atoms with E-state index in [4.69, 9.17) is 5.11 Å². The summed E-state index contributed by atoms with van der Waals surface area (Å²) in [6.45, 7) is 2.05. The number of carbonyl (C=O) groups is 1. The molecule has 0 unspecified atom stereocenters. The highest BCUT2D eigenvalue weighted by molar-refractivity contribution is 5.92. The average molecular weight is 245 g/mol. The van der Waals surface area contributed by atoms with E-state index in [1.165, 1.54) is 0 Å². The van der Waals surface area contributed by atoms with Crippen molar-refractivity contribution in [2.45, 2.75) is 18.9 Å². The number of fused-ring (bicyclic) bond motifs is 1. The molecule has 1 fully saturated rings. The van der Waals surface area contributed by atoms with Gasteiger partial charge in [0, 0.05) is 6.04 Å². The zero-order chi connectivity index (χ0) is 12.5. The lowest BCUT2D eigenvalue weighted by atomic mass is 10.1. The quantitative estimate of drug-likeness (QED) is 0.844. The molecule has 2 aromatic rings. The SMILES string of the molecule is O=C(O)c1ccc2c(c1)ncn2C1CCNCC1.